The van der Waals surface area contributed by atoms with E-state index in [2.05, 4.69) is 39.6 Å². The summed E-state index contributed by atoms with van der Waals surface area (Å²) in [5.41, 5.74) is 15.2. The van der Waals surface area contributed by atoms with Crippen LogP contribution in [0, 0.1) is 11.3 Å². The lowest BCUT2D eigenvalue weighted by molar-refractivity contribution is 0.107. The van der Waals surface area contributed by atoms with Crippen molar-refractivity contribution < 1.29 is 4.74 Å². The molecule has 3 aromatic heterocycles. The maximum atomic E-state index is 9.83. The second-order valence-electron chi connectivity index (χ2n) is 11.8. The Labute approximate surface area is 254 Å². The van der Waals surface area contributed by atoms with Crippen LogP contribution in [0.5, 0.6) is 6.01 Å². The number of nitriles is 1. The zero-order valence-corrected chi connectivity index (χ0v) is 25.7. The van der Waals surface area contributed by atoms with E-state index in [0.29, 0.717) is 60.5 Å². The highest BCUT2D eigenvalue weighted by atomic mass is 32.2. The summed E-state index contributed by atoms with van der Waals surface area (Å²) in [5.74, 6) is 2.52. The Kier molecular flexibility index (Phi) is 6.83. The van der Waals surface area contributed by atoms with Gasteiger partial charge in [-0.05, 0) is 58.7 Å². The fraction of sp³-hybridized carbons (Fsp3) is 0.552. The minimum atomic E-state index is -0.169. The van der Waals surface area contributed by atoms with E-state index in [1.165, 1.54) is 17.7 Å². The Morgan fingerprint density at radius 2 is 1.98 bits per heavy atom. The van der Waals surface area contributed by atoms with Gasteiger partial charge in [0.25, 0.3) is 0 Å². The van der Waals surface area contributed by atoms with E-state index < -0.39 is 0 Å². The molecule has 1 atom stereocenters. The van der Waals surface area contributed by atoms with Crippen LogP contribution in [0.3, 0.4) is 0 Å². The Morgan fingerprint density at radius 3 is 2.69 bits per heavy atom. The first kappa shape index (κ1) is 27.5. The lowest BCUT2D eigenvalue weighted by atomic mass is 9.88. The summed E-state index contributed by atoms with van der Waals surface area (Å²) < 4.78 is 6.28. The predicted octanol–water partition coefficient (Wildman–Crippen LogP) is 3.92. The van der Waals surface area contributed by atoms with Crippen molar-refractivity contribution in [1.82, 2.24) is 24.8 Å². The van der Waals surface area contributed by atoms with E-state index in [-0.39, 0.29) is 16.3 Å². The fourth-order valence-corrected chi connectivity index (χ4v) is 10.1. The number of aromatic nitrogens is 4. The van der Waals surface area contributed by atoms with E-state index >= 15 is 0 Å². The number of hydrogen-bond acceptors (Lipinski definition) is 13. The third-order valence-electron chi connectivity index (χ3n) is 9.49. The molecule has 11 nitrogen and oxygen atoms in total. The monoisotopic (exact) mass is 604 g/mol. The highest BCUT2D eigenvalue weighted by Crippen LogP contribution is 2.57. The number of nitrogens with two attached hydrogens (primary N) is 2. The average molecular weight is 605 g/mol. The number of hydrogen-bond donors (Lipinski definition) is 2. The van der Waals surface area contributed by atoms with E-state index in [1.807, 2.05) is 23.9 Å². The molecule has 3 fully saturated rings. The van der Waals surface area contributed by atoms with Gasteiger partial charge in [0.05, 0.1) is 21.9 Å². The third-order valence-corrected chi connectivity index (χ3v) is 12.1. The van der Waals surface area contributed by atoms with Gasteiger partial charge in [-0.25, -0.2) is 4.98 Å². The van der Waals surface area contributed by atoms with Gasteiger partial charge in [0, 0.05) is 47.6 Å². The maximum Gasteiger partial charge on any atom is 0.323 e. The Morgan fingerprint density at radius 1 is 1.19 bits per heavy atom. The number of ether oxygens (including phenoxy) is 1. The van der Waals surface area contributed by atoms with Crippen LogP contribution in [-0.4, -0.2) is 69.7 Å². The van der Waals surface area contributed by atoms with Gasteiger partial charge in [0.2, 0.25) is 11.9 Å². The van der Waals surface area contributed by atoms with Gasteiger partial charge in [-0.3, -0.25) is 4.90 Å². The van der Waals surface area contributed by atoms with Gasteiger partial charge in [-0.1, -0.05) is 6.07 Å². The zero-order chi connectivity index (χ0) is 29.1. The number of nitrogen functional groups attached to an aromatic ring is 2. The standard InChI is InChI=1S/C29H36N10OS2/c1-3-39(18(2)19-7-4-10-33-23(19)31)26-34-25(35-27(36-26)40-17-28-8-5-11-38(28)12-6-9-28)37-15-29(16-37)22-20(13-30)24(32)42-21(22)14-41-29/h4,7,10,18H,3,5-6,8-9,11-12,14-17,32H2,1-2H3,(H2,31,33)/t18-/m1/s1. The molecular weight excluding hydrogens is 569 g/mol. The van der Waals surface area contributed by atoms with Crippen molar-refractivity contribution in [2.24, 2.45) is 0 Å². The van der Waals surface area contributed by atoms with Crippen LogP contribution in [0.15, 0.2) is 18.3 Å². The van der Waals surface area contributed by atoms with E-state index in [4.69, 9.17) is 31.2 Å². The molecule has 4 aliphatic rings. The number of anilines is 4. The molecule has 4 N–H and O–H groups in total. The molecule has 7 rings (SSSR count). The molecule has 3 saturated heterocycles. The average Bonchev–Trinajstić information content (AvgIpc) is 3.71. The molecule has 220 valence electrons. The Balaban J connectivity index is 1.20. The molecule has 0 unspecified atom stereocenters. The topological polar surface area (TPSA) is 146 Å². The van der Waals surface area contributed by atoms with Crippen molar-refractivity contribution in [3.05, 3.63) is 39.9 Å². The zero-order valence-electron chi connectivity index (χ0n) is 24.0. The molecule has 42 heavy (non-hydrogen) atoms. The van der Waals surface area contributed by atoms with Gasteiger partial charge >= 0.3 is 6.01 Å². The SMILES string of the molecule is CCN(c1nc(OCC23CCCN2CCC3)nc(N2CC3(C2)SCc2sc(N)c(C#N)c23)n1)[C@H](C)c1cccnc1N. The largest absolute Gasteiger partial charge is 0.461 e. The predicted molar refractivity (Wildman–Crippen MR) is 167 cm³/mol. The lowest BCUT2D eigenvalue weighted by Crippen LogP contribution is -2.57. The molecule has 4 aliphatic heterocycles. The van der Waals surface area contributed by atoms with Crippen LogP contribution in [0.25, 0.3) is 0 Å². The van der Waals surface area contributed by atoms with Gasteiger partial charge in [-0.15, -0.1) is 23.1 Å². The van der Waals surface area contributed by atoms with Crippen LogP contribution in [-0.2, 0) is 10.5 Å². The smallest absolute Gasteiger partial charge is 0.323 e. The highest BCUT2D eigenvalue weighted by molar-refractivity contribution is 8.00. The lowest BCUT2D eigenvalue weighted by Gasteiger charge is -2.47. The van der Waals surface area contributed by atoms with Gasteiger partial charge in [0.1, 0.15) is 23.5 Å². The van der Waals surface area contributed by atoms with Crippen molar-refractivity contribution >= 4 is 45.8 Å². The Bertz CT molecular complexity index is 1540. The number of rotatable bonds is 8. The van der Waals surface area contributed by atoms with Crippen molar-refractivity contribution in [2.75, 3.05) is 60.6 Å². The molecule has 0 radical (unpaired) electrons. The summed E-state index contributed by atoms with van der Waals surface area (Å²) >= 11 is 3.43. The van der Waals surface area contributed by atoms with E-state index in [9.17, 15) is 5.26 Å². The molecule has 1 spiro atoms. The van der Waals surface area contributed by atoms with Crippen molar-refractivity contribution in [2.45, 2.75) is 61.6 Å². The molecule has 7 heterocycles. The molecule has 0 amide bonds. The van der Waals surface area contributed by atoms with Gasteiger partial charge in [0.15, 0.2) is 0 Å². The van der Waals surface area contributed by atoms with Gasteiger partial charge < -0.3 is 26.0 Å². The first-order valence-electron chi connectivity index (χ1n) is 14.7. The summed E-state index contributed by atoms with van der Waals surface area (Å²) in [5, 5.41) is 10.4. The number of thiophene rings is 1. The van der Waals surface area contributed by atoms with Crippen LogP contribution in [0.2, 0.25) is 0 Å². The molecular formula is C29H36N10OS2. The molecule has 0 aromatic carbocycles. The number of fused-ring (bicyclic) bond motifs is 3. The second-order valence-corrected chi connectivity index (χ2v) is 14.3. The van der Waals surface area contributed by atoms with Crippen molar-refractivity contribution in [3.8, 4) is 12.1 Å². The molecule has 0 bridgehead atoms. The van der Waals surface area contributed by atoms with Crippen LogP contribution >= 0.6 is 23.1 Å². The molecule has 13 heteroatoms. The van der Waals surface area contributed by atoms with Crippen molar-refractivity contribution in [3.63, 3.8) is 0 Å². The quantitative estimate of drug-likeness (QED) is 0.384. The maximum absolute atomic E-state index is 9.83. The normalized spacial score (nSPS) is 20.6. The first-order valence-corrected chi connectivity index (χ1v) is 16.5. The highest BCUT2D eigenvalue weighted by Gasteiger charge is 2.53. The second kappa shape index (κ2) is 10.4. The molecule has 0 saturated carbocycles. The minimum absolute atomic E-state index is 0.0825. The van der Waals surface area contributed by atoms with Crippen LogP contribution in [0.1, 0.15) is 67.1 Å². The Hall–Kier alpha value is -3.34. The summed E-state index contributed by atoms with van der Waals surface area (Å²) in [7, 11) is 0. The third kappa shape index (κ3) is 4.34. The molecule has 0 aliphatic carbocycles. The summed E-state index contributed by atoms with van der Waals surface area (Å²) in [6, 6.07) is 6.50. The van der Waals surface area contributed by atoms with E-state index in [0.717, 1.165) is 42.8 Å². The first-order chi connectivity index (χ1) is 20.4. The number of thioether (sulfide) groups is 1. The summed E-state index contributed by atoms with van der Waals surface area (Å²) in [4.78, 5) is 27.1. The number of pyridine rings is 1. The minimum Gasteiger partial charge on any atom is -0.461 e. The fourth-order valence-electron chi connectivity index (χ4n) is 7.30. The summed E-state index contributed by atoms with van der Waals surface area (Å²) in [6.45, 7) is 9.10. The van der Waals surface area contributed by atoms with Crippen LogP contribution < -0.4 is 26.0 Å². The van der Waals surface area contributed by atoms with Gasteiger partial charge in [-0.2, -0.15) is 20.2 Å². The molecule has 3 aromatic rings. The van der Waals surface area contributed by atoms with Crippen LogP contribution in [0.4, 0.5) is 22.7 Å². The number of nitrogens with zero attached hydrogens (tertiary/aromatic N) is 8. The van der Waals surface area contributed by atoms with E-state index in [1.54, 1.807) is 17.5 Å². The summed E-state index contributed by atoms with van der Waals surface area (Å²) in [6.07, 6.45) is 6.41. The van der Waals surface area contributed by atoms with Crippen molar-refractivity contribution in [1.29, 1.82) is 5.26 Å².